The minimum atomic E-state index is -0.894. The standard InChI is InChI=1S/C14H9BrClF3/c15-9-6-12(18)14(13(19)7-9)11(16)5-8-2-1-3-10(17)4-8/h1-4,6-7,11H,5H2. The first-order valence-electron chi connectivity index (χ1n) is 5.50. The van der Waals surface area contributed by atoms with E-state index >= 15 is 0 Å². The lowest BCUT2D eigenvalue weighted by atomic mass is 10.0. The minimum absolute atomic E-state index is 0.148. The number of alkyl halides is 1. The van der Waals surface area contributed by atoms with Gasteiger partial charge in [-0.1, -0.05) is 28.1 Å². The summed E-state index contributed by atoms with van der Waals surface area (Å²) in [4.78, 5) is 0. The van der Waals surface area contributed by atoms with Gasteiger partial charge in [0.25, 0.3) is 0 Å². The summed E-state index contributed by atoms with van der Waals surface area (Å²) in [5.74, 6) is -1.84. The number of hydrogen-bond donors (Lipinski definition) is 0. The van der Waals surface area contributed by atoms with Gasteiger partial charge in [-0.15, -0.1) is 11.6 Å². The number of hydrogen-bond acceptors (Lipinski definition) is 0. The molecule has 0 N–H and O–H groups in total. The summed E-state index contributed by atoms with van der Waals surface area (Å²) in [6, 6.07) is 8.09. The maximum atomic E-state index is 13.7. The normalized spacial score (nSPS) is 12.5. The molecule has 0 aromatic heterocycles. The summed E-state index contributed by atoms with van der Waals surface area (Å²) in [6.45, 7) is 0. The van der Waals surface area contributed by atoms with E-state index in [-0.39, 0.29) is 12.0 Å². The van der Waals surface area contributed by atoms with Gasteiger partial charge in [0.05, 0.1) is 5.38 Å². The van der Waals surface area contributed by atoms with E-state index < -0.39 is 22.8 Å². The summed E-state index contributed by atoms with van der Waals surface area (Å²) in [7, 11) is 0. The molecule has 0 aliphatic carbocycles. The van der Waals surface area contributed by atoms with Crippen LogP contribution in [0.1, 0.15) is 16.5 Å². The van der Waals surface area contributed by atoms with E-state index in [2.05, 4.69) is 15.9 Å². The number of halogens is 5. The zero-order valence-corrected chi connectivity index (χ0v) is 12.0. The molecule has 0 bridgehead atoms. The van der Waals surface area contributed by atoms with Crippen molar-refractivity contribution in [1.29, 1.82) is 0 Å². The smallest absolute Gasteiger partial charge is 0.131 e. The molecule has 0 fully saturated rings. The quantitative estimate of drug-likeness (QED) is 0.652. The van der Waals surface area contributed by atoms with Crippen LogP contribution in [0.4, 0.5) is 13.2 Å². The van der Waals surface area contributed by atoms with E-state index in [1.54, 1.807) is 6.07 Å². The Morgan fingerprint density at radius 2 is 1.68 bits per heavy atom. The van der Waals surface area contributed by atoms with Gasteiger partial charge < -0.3 is 0 Å². The van der Waals surface area contributed by atoms with Crippen LogP contribution in [0.5, 0.6) is 0 Å². The van der Waals surface area contributed by atoms with Crippen LogP contribution < -0.4 is 0 Å². The molecule has 5 heteroatoms. The predicted molar refractivity (Wildman–Crippen MR) is 72.8 cm³/mol. The van der Waals surface area contributed by atoms with Crippen molar-refractivity contribution in [1.82, 2.24) is 0 Å². The van der Waals surface area contributed by atoms with E-state index in [4.69, 9.17) is 11.6 Å². The Kier molecular flexibility index (Phi) is 4.53. The fraction of sp³-hybridized carbons (Fsp3) is 0.143. The minimum Gasteiger partial charge on any atom is -0.207 e. The van der Waals surface area contributed by atoms with Crippen LogP contribution in [0.25, 0.3) is 0 Å². The van der Waals surface area contributed by atoms with Crippen LogP contribution in [0.3, 0.4) is 0 Å². The lowest BCUT2D eigenvalue weighted by molar-refractivity contribution is 0.549. The van der Waals surface area contributed by atoms with Gasteiger partial charge in [-0.2, -0.15) is 0 Å². The molecule has 0 radical (unpaired) electrons. The first kappa shape index (κ1) is 14.4. The molecule has 0 saturated heterocycles. The molecule has 0 saturated carbocycles. The molecule has 19 heavy (non-hydrogen) atoms. The van der Waals surface area contributed by atoms with Crippen LogP contribution >= 0.6 is 27.5 Å². The van der Waals surface area contributed by atoms with Crippen LogP contribution in [0.15, 0.2) is 40.9 Å². The highest BCUT2D eigenvalue weighted by Gasteiger charge is 2.19. The third kappa shape index (κ3) is 3.51. The van der Waals surface area contributed by atoms with Crippen molar-refractivity contribution < 1.29 is 13.2 Å². The molecule has 0 aliphatic heterocycles. The lowest BCUT2D eigenvalue weighted by Gasteiger charge is -2.12. The van der Waals surface area contributed by atoms with Crippen LogP contribution in [-0.4, -0.2) is 0 Å². The van der Waals surface area contributed by atoms with E-state index in [1.165, 1.54) is 18.2 Å². The Morgan fingerprint density at radius 3 is 2.26 bits per heavy atom. The van der Waals surface area contributed by atoms with Crippen molar-refractivity contribution in [3.8, 4) is 0 Å². The van der Waals surface area contributed by atoms with Crippen LogP contribution in [0, 0.1) is 17.5 Å². The van der Waals surface area contributed by atoms with E-state index in [0.29, 0.717) is 10.0 Å². The van der Waals surface area contributed by atoms with Crippen LogP contribution in [0.2, 0.25) is 0 Å². The third-order valence-electron chi connectivity index (χ3n) is 2.66. The van der Waals surface area contributed by atoms with Crippen molar-refractivity contribution in [2.75, 3.05) is 0 Å². The van der Waals surface area contributed by atoms with Gasteiger partial charge in [-0.25, -0.2) is 13.2 Å². The van der Waals surface area contributed by atoms with Crippen molar-refractivity contribution in [3.05, 3.63) is 69.4 Å². The van der Waals surface area contributed by atoms with Crippen molar-refractivity contribution in [2.45, 2.75) is 11.8 Å². The highest BCUT2D eigenvalue weighted by molar-refractivity contribution is 9.10. The highest BCUT2D eigenvalue weighted by atomic mass is 79.9. The maximum Gasteiger partial charge on any atom is 0.131 e. The zero-order chi connectivity index (χ0) is 14.0. The number of rotatable bonds is 3. The fourth-order valence-electron chi connectivity index (χ4n) is 1.83. The molecule has 2 aromatic carbocycles. The van der Waals surface area contributed by atoms with Gasteiger partial charge in [-0.05, 0) is 36.2 Å². The molecule has 1 atom stereocenters. The summed E-state index contributed by atoms with van der Waals surface area (Å²) >= 11 is 9.04. The van der Waals surface area contributed by atoms with Gasteiger partial charge in [0.2, 0.25) is 0 Å². The molecule has 0 amide bonds. The maximum absolute atomic E-state index is 13.7. The molecule has 0 spiro atoms. The highest BCUT2D eigenvalue weighted by Crippen LogP contribution is 2.31. The molecule has 2 rings (SSSR count). The largest absolute Gasteiger partial charge is 0.207 e. The van der Waals surface area contributed by atoms with Gasteiger partial charge in [-0.3, -0.25) is 0 Å². The molecular formula is C14H9BrClF3. The van der Waals surface area contributed by atoms with E-state index in [1.807, 2.05) is 0 Å². The molecule has 0 heterocycles. The molecule has 100 valence electrons. The number of benzene rings is 2. The fourth-order valence-corrected chi connectivity index (χ4v) is 2.61. The predicted octanol–water partition coefficient (Wildman–Crippen LogP) is 5.39. The topological polar surface area (TPSA) is 0 Å². The molecule has 0 nitrogen and oxygen atoms in total. The molecule has 1 unspecified atom stereocenters. The first-order chi connectivity index (χ1) is 8.97. The Labute approximate surface area is 122 Å². The van der Waals surface area contributed by atoms with Crippen molar-refractivity contribution >= 4 is 27.5 Å². The average molecular weight is 350 g/mol. The second kappa shape index (κ2) is 5.97. The Morgan fingerprint density at radius 1 is 1.05 bits per heavy atom. The summed E-state index contributed by atoms with van der Waals surface area (Å²) < 4.78 is 40.8. The molecule has 2 aromatic rings. The monoisotopic (exact) mass is 348 g/mol. The van der Waals surface area contributed by atoms with E-state index in [9.17, 15) is 13.2 Å². The average Bonchev–Trinajstić information content (AvgIpc) is 2.27. The van der Waals surface area contributed by atoms with Crippen LogP contribution in [-0.2, 0) is 6.42 Å². The molecular weight excluding hydrogens is 341 g/mol. The van der Waals surface area contributed by atoms with Crippen molar-refractivity contribution in [2.24, 2.45) is 0 Å². The first-order valence-corrected chi connectivity index (χ1v) is 6.73. The van der Waals surface area contributed by atoms with Gasteiger partial charge in [0.1, 0.15) is 17.5 Å². The summed E-state index contributed by atoms with van der Waals surface area (Å²) in [5, 5.41) is -0.894. The van der Waals surface area contributed by atoms with Gasteiger partial charge in [0, 0.05) is 10.0 Å². The Balaban J connectivity index is 2.28. The molecule has 0 aliphatic rings. The SMILES string of the molecule is Fc1cccc(CC(Cl)c2c(F)cc(Br)cc2F)c1. The summed E-state index contributed by atoms with van der Waals surface area (Å²) in [6.07, 6.45) is 0.148. The second-order valence-corrected chi connectivity index (χ2v) is 5.53. The van der Waals surface area contributed by atoms with Gasteiger partial charge in [0.15, 0.2) is 0 Å². The Hall–Kier alpha value is -1.00. The zero-order valence-electron chi connectivity index (χ0n) is 9.64. The Bertz CT molecular complexity index is 578. The lowest BCUT2D eigenvalue weighted by Crippen LogP contribution is -2.03. The second-order valence-electron chi connectivity index (χ2n) is 4.08. The summed E-state index contributed by atoms with van der Waals surface area (Å²) in [5.41, 5.74) is 0.385. The van der Waals surface area contributed by atoms with Gasteiger partial charge >= 0.3 is 0 Å². The van der Waals surface area contributed by atoms with Crippen molar-refractivity contribution in [3.63, 3.8) is 0 Å². The third-order valence-corrected chi connectivity index (χ3v) is 3.49. The van der Waals surface area contributed by atoms with E-state index in [0.717, 1.165) is 12.1 Å².